The molecule has 120 valence electrons. The molecule has 0 bridgehead atoms. The van der Waals surface area contributed by atoms with Crippen LogP contribution in [0.4, 0.5) is 5.69 Å². The summed E-state index contributed by atoms with van der Waals surface area (Å²) < 4.78 is 27.8. The molecule has 1 aliphatic heterocycles. The van der Waals surface area contributed by atoms with Crippen molar-refractivity contribution in [2.24, 2.45) is 0 Å². The van der Waals surface area contributed by atoms with E-state index in [1.54, 1.807) is 6.07 Å². The lowest BCUT2D eigenvalue weighted by Gasteiger charge is -2.30. The van der Waals surface area contributed by atoms with Crippen LogP contribution in [0.3, 0.4) is 0 Å². The molecule has 0 atom stereocenters. The van der Waals surface area contributed by atoms with Crippen molar-refractivity contribution in [3.63, 3.8) is 0 Å². The number of hydrogen-bond donors (Lipinski definition) is 2. The summed E-state index contributed by atoms with van der Waals surface area (Å²) in [6.45, 7) is 1.61. The number of carboxylic acid groups (broad SMARTS) is 1. The van der Waals surface area contributed by atoms with E-state index in [-0.39, 0.29) is 16.5 Å². The van der Waals surface area contributed by atoms with Crippen molar-refractivity contribution in [3.05, 3.63) is 23.8 Å². The zero-order valence-corrected chi connectivity index (χ0v) is 13.1. The molecule has 0 unspecified atom stereocenters. The molecule has 1 aliphatic carbocycles. The Morgan fingerprint density at radius 1 is 1.18 bits per heavy atom. The first-order valence-electron chi connectivity index (χ1n) is 7.62. The molecule has 22 heavy (non-hydrogen) atoms. The Morgan fingerprint density at radius 3 is 2.45 bits per heavy atom. The highest BCUT2D eigenvalue weighted by Gasteiger charge is 2.31. The summed E-state index contributed by atoms with van der Waals surface area (Å²) in [6, 6.07) is 4.36. The summed E-state index contributed by atoms with van der Waals surface area (Å²) in [5.41, 5.74) is 0.606. The van der Waals surface area contributed by atoms with E-state index < -0.39 is 16.0 Å². The van der Waals surface area contributed by atoms with E-state index in [0.29, 0.717) is 5.69 Å². The van der Waals surface area contributed by atoms with Crippen molar-refractivity contribution in [2.45, 2.75) is 43.0 Å². The van der Waals surface area contributed by atoms with Crippen molar-refractivity contribution in [1.29, 1.82) is 0 Å². The molecule has 3 rings (SSSR count). The van der Waals surface area contributed by atoms with Gasteiger partial charge in [-0.1, -0.05) is 0 Å². The van der Waals surface area contributed by atoms with Gasteiger partial charge in [0, 0.05) is 19.1 Å². The minimum Gasteiger partial charge on any atom is -0.478 e. The fourth-order valence-electron chi connectivity index (χ4n) is 2.74. The summed E-state index contributed by atoms with van der Waals surface area (Å²) in [4.78, 5) is 13.3. The van der Waals surface area contributed by atoms with Gasteiger partial charge in [0.05, 0.1) is 11.3 Å². The Morgan fingerprint density at radius 2 is 1.86 bits per heavy atom. The highest BCUT2D eigenvalue weighted by molar-refractivity contribution is 7.89. The normalized spacial score (nSPS) is 19.2. The van der Waals surface area contributed by atoms with Crippen LogP contribution in [0.1, 0.15) is 42.5 Å². The first-order chi connectivity index (χ1) is 10.5. The number of anilines is 1. The Bertz CT molecular complexity index is 677. The van der Waals surface area contributed by atoms with Gasteiger partial charge in [0.15, 0.2) is 0 Å². The number of piperidine rings is 1. The second kappa shape index (κ2) is 5.89. The second-order valence-corrected chi connectivity index (χ2v) is 7.61. The van der Waals surface area contributed by atoms with Crippen LogP contribution in [0.15, 0.2) is 23.1 Å². The van der Waals surface area contributed by atoms with Gasteiger partial charge in [-0.15, -0.1) is 0 Å². The number of carbonyl (C=O) groups is 1. The maximum Gasteiger partial charge on any atom is 0.335 e. The molecule has 0 aromatic heterocycles. The third-order valence-electron chi connectivity index (χ3n) is 4.09. The molecule has 6 nitrogen and oxygen atoms in total. The highest BCUT2D eigenvalue weighted by atomic mass is 32.2. The average Bonchev–Trinajstić information content (AvgIpc) is 3.30. The van der Waals surface area contributed by atoms with Crippen LogP contribution in [0, 0.1) is 0 Å². The second-order valence-electron chi connectivity index (χ2n) is 5.93. The smallest absolute Gasteiger partial charge is 0.335 e. The number of rotatable bonds is 5. The molecular formula is C15H20N2O4S. The van der Waals surface area contributed by atoms with E-state index in [4.69, 9.17) is 5.11 Å². The van der Waals surface area contributed by atoms with Gasteiger partial charge in [0.25, 0.3) is 0 Å². The molecule has 1 saturated carbocycles. The number of nitrogens with zero attached hydrogens (tertiary/aromatic N) is 1. The van der Waals surface area contributed by atoms with Gasteiger partial charge in [-0.25, -0.2) is 17.9 Å². The molecule has 2 N–H and O–H groups in total. The Hall–Kier alpha value is -1.60. The lowest BCUT2D eigenvalue weighted by molar-refractivity contribution is 0.0696. The molecule has 1 saturated heterocycles. The number of benzene rings is 1. The van der Waals surface area contributed by atoms with Crippen LogP contribution in [0.25, 0.3) is 0 Å². The number of nitrogens with one attached hydrogen (secondary N) is 1. The fraction of sp³-hybridized carbons (Fsp3) is 0.533. The van der Waals surface area contributed by atoms with E-state index in [1.807, 2.05) is 4.90 Å². The summed E-state index contributed by atoms with van der Waals surface area (Å²) in [7, 11) is -3.69. The zero-order valence-electron chi connectivity index (χ0n) is 12.3. The van der Waals surface area contributed by atoms with Gasteiger partial charge in [-0.05, 0) is 50.3 Å². The molecule has 7 heteroatoms. The minimum absolute atomic E-state index is 0.00284. The van der Waals surface area contributed by atoms with Gasteiger partial charge in [0.1, 0.15) is 4.90 Å². The third-order valence-corrected chi connectivity index (χ3v) is 5.64. The van der Waals surface area contributed by atoms with Crippen LogP contribution < -0.4 is 9.62 Å². The summed E-state index contributed by atoms with van der Waals surface area (Å²) >= 11 is 0. The van der Waals surface area contributed by atoms with Crippen LogP contribution in [0.2, 0.25) is 0 Å². The van der Waals surface area contributed by atoms with E-state index >= 15 is 0 Å². The standard InChI is InChI=1S/C15H20N2O4S/c18-15(19)11-4-7-13(17-8-2-1-3-9-17)14(10-11)22(20,21)16-12-5-6-12/h4,7,10,12,16H,1-3,5-6,8-9H2,(H,18,19). The van der Waals surface area contributed by atoms with Gasteiger partial charge in [-0.2, -0.15) is 0 Å². The van der Waals surface area contributed by atoms with E-state index in [2.05, 4.69) is 4.72 Å². The molecule has 1 aromatic rings. The van der Waals surface area contributed by atoms with E-state index in [9.17, 15) is 13.2 Å². The molecule has 0 amide bonds. The average molecular weight is 324 g/mol. The van der Waals surface area contributed by atoms with Crippen LogP contribution in [0.5, 0.6) is 0 Å². The van der Waals surface area contributed by atoms with Crippen molar-refractivity contribution < 1.29 is 18.3 Å². The summed E-state index contributed by atoms with van der Waals surface area (Å²) in [6.07, 6.45) is 4.88. The van der Waals surface area contributed by atoms with Crippen molar-refractivity contribution in [2.75, 3.05) is 18.0 Å². The van der Waals surface area contributed by atoms with Crippen LogP contribution >= 0.6 is 0 Å². The van der Waals surface area contributed by atoms with Crippen molar-refractivity contribution in [1.82, 2.24) is 4.72 Å². The molecule has 2 fully saturated rings. The predicted octanol–water partition coefficient (Wildman–Crippen LogP) is 1.82. The predicted molar refractivity (Wildman–Crippen MR) is 82.8 cm³/mol. The van der Waals surface area contributed by atoms with Crippen LogP contribution in [-0.4, -0.2) is 38.6 Å². The largest absolute Gasteiger partial charge is 0.478 e. The molecule has 0 spiro atoms. The first kappa shape index (κ1) is 15.3. The lowest BCUT2D eigenvalue weighted by Crippen LogP contribution is -2.33. The highest BCUT2D eigenvalue weighted by Crippen LogP contribution is 2.31. The summed E-state index contributed by atoms with van der Waals surface area (Å²) in [5.74, 6) is -1.12. The topological polar surface area (TPSA) is 86.7 Å². The molecule has 2 aliphatic rings. The Kier molecular flexibility index (Phi) is 4.10. The number of hydrogen-bond acceptors (Lipinski definition) is 4. The van der Waals surface area contributed by atoms with Gasteiger partial charge in [0.2, 0.25) is 10.0 Å². The Balaban J connectivity index is 2.02. The maximum atomic E-state index is 12.6. The lowest BCUT2D eigenvalue weighted by atomic mass is 10.1. The SMILES string of the molecule is O=C(O)c1ccc(N2CCCCC2)c(S(=O)(=O)NC2CC2)c1. The van der Waals surface area contributed by atoms with Crippen molar-refractivity contribution >= 4 is 21.7 Å². The third kappa shape index (κ3) is 3.25. The number of aromatic carboxylic acids is 1. The number of carboxylic acids is 1. The zero-order chi connectivity index (χ0) is 15.7. The first-order valence-corrected chi connectivity index (χ1v) is 9.10. The summed E-state index contributed by atoms with van der Waals surface area (Å²) in [5, 5.41) is 9.14. The number of sulfonamides is 1. The van der Waals surface area contributed by atoms with Gasteiger partial charge >= 0.3 is 5.97 Å². The maximum absolute atomic E-state index is 12.6. The van der Waals surface area contributed by atoms with Crippen LogP contribution in [-0.2, 0) is 10.0 Å². The van der Waals surface area contributed by atoms with Gasteiger partial charge in [-0.3, -0.25) is 0 Å². The van der Waals surface area contributed by atoms with Crippen molar-refractivity contribution in [3.8, 4) is 0 Å². The van der Waals surface area contributed by atoms with E-state index in [1.165, 1.54) is 12.1 Å². The molecule has 0 radical (unpaired) electrons. The van der Waals surface area contributed by atoms with Gasteiger partial charge < -0.3 is 10.0 Å². The molecular weight excluding hydrogens is 304 g/mol. The monoisotopic (exact) mass is 324 g/mol. The minimum atomic E-state index is -3.69. The van der Waals surface area contributed by atoms with E-state index in [0.717, 1.165) is 45.2 Å². The Labute approximate surface area is 130 Å². The molecule has 1 aromatic carbocycles. The fourth-order valence-corrected chi connectivity index (χ4v) is 4.30. The quantitative estimate of drug-likeness (QED) is 0.863. The molecule has 1 heterocycles.